The summed E-state index contributed by atoms with van der Waals surface area (Å²) in [7, 11) is 0. The maximum Gasteiger partial charge on any atom is 0.211 e. The van der Waals surface area contributed by atoms with Gasteiger partial charge >= 0.3 is 0 Å². The van der Waals surface area contributed by atoms with E-state index in [0.717, 1.165) is 21.8 Å². The standard InChI is InChI=1S/C22H15BrF2N4S/c1-14(19-8-4-5-11-26-19)28-29-21(16-6-2-3-7-17(16)23)13-30-22(29)27-20-10-9-15(24)12-18(20)25/h2-13H,1H3. The lowest BCUT2D eigenvalue weighted by Gasteiger charge is -2.07. The van der Waals surface area contributed by atoms with E-state index in [9.17, 15) is 8.78 Å². The van der Waals surface area contributed by atoms with Gasteiger partial charge in [-0.3, -0.25) is 4.98 Å². The molecule has 0 aliphatic heterocycles. The van der Waals surface area contributed by atoms with E-state index in [1.54, 1.807) is 10.9 Å². The quantitative estimate of drug-likeness (QED) is 0.320. The van der Waals surface area contributed by atoms with Crippen LogP contribution < -0.4 is 4.80 Å². The van der Waals surface area contributed by atoms with E-state index in [1.165, 1.54) is 23.5 Å². The van der Waals surface area contributed by atoms with Crippen LogP contribution >= 0.6 is 27.3 Å². The number of benzene rings is 2. The highest BCUT2D eigenvalue weighted by Gasteiger charge is 2.12. The van der Waals surface area contributed by atoms with Crippen molar-refractivity contribution >= 4 is 38.7 Å². The zero-order valence-electron chi connectivity index (χ0n) is 15.8. The Labute approximate surface area is 184 Å². The van der Waals surface area contributed by atoms with Crippen molar-refractivity contribution in [1.29, 1.82) is 0 Å². The van der Waals surface area contributed by atoms with Crippen molar-refractivity contribution in [2.75, 3.05) is 0 Å². The predicted octanol–water partition coefficient (Wildman–Crippen LogP) is 6.16. The van der Waals surface area contributed by atoms with Gasteiger partial charge in [0.05, 0.1) is 17.1 Å². The van der Waals surface area contributed by atoms with Crippen LogP contribution in [0.2, 0.25) is 0 Å². The highest BCUT2D eigenvalue weighted by Crippen LogP contribution is 2.29. The van der Waals surface area contributed by atoms with Gasteiger partial charge in [0.2, 0.25) is 4.80 Å². The summed E-state index contributed by atoms with van der Waals surface area (Å²) in [6, 6.07) is 16.6. The van der Waals surface area contributed by atoms with Crippen LogP contribution in [0.5, 0.6) is 0 Å². The van der Waals surface area contributed by atoms with Crippen molar-refractivity contribution in [3.05, 3.63) is 98.8 Å². The summed E-state index contributed by atoms with van der Waals surface area (Å²) in [4.78, 5) is 9.18. The first kappa shape index (κ1) is 20.3. The fourth-order valence-electron chi connectivity index (χ4n) is 2.78. The van der Waals surface area contributed by atoms with Crippen LogP contribution in [0.4, 0.5) is 14.5 Å². The zero-order valence-corrected chi connectivity index (χ0v) is 18.2. The molecule has 2 heterocycles. The van der Waals surface area contributed by atoms with Gasteiger partial charge in [-0.2, -0.15) is 5.10 Å². The van der Waals surface area contributed by atoms with Gasteiger partial charge < -0.3 is 0 Å². The molecule has 0 bridgehead atoms. The van der Waals surface area contributed by atoms with Gasteiger partial charge in [-0.15, -0.1) is 11.3 Å². The molecule has 0 saturated carbocycles. The second kappa shape index (κ2) is 8.81. The molecule has 150 valence electrons. The molecule has 0 amide bonds. The highest BCUT2D eigenvalue weighted by atomic mass is 79.9. The predicted molar refractivity (Wildman–Crippen MR) is 119 cm³/mol. The molecule has 4 nitrogen and oxygen atoms in total. The monoisotopic (exact) mass is 484 g/mol. The number of nitrogens with zero attached hydrogens (tertiary/aromatic N) is 4. The second-order valence-electron chi connectivity index (χ2n) is 6.30. The Morgan fingerprint density at radius 3 is 2.60 bits per heavy atom. The van der Waals surface area contributed by atoms with Crippen LogP contribution in [-0.2, 0) is 0 Å². The molecule has 4 aromatic rings. The summed E-state index contributed by atoms with van der Waals surface area (Å²) >= 11 is 4.88. The largest absolute Gasteiger partial charge is 0.255 e. The molecule has 0 radical (unpaired) electrons. The maximum atomic E-state index is 14.2. The fourth-order valence-corrected chi connectivity index (χ4v) is 4.10. The average molecular weight is 485 g/mol. The minimum atomic E-state index is -0.734. The zero-order chi connectivity index (χ0) is 21.1. The summed E-state index contributed by atoms with van der Waals surface area (Å²) in [5.74, 6) is -1.38. The van der Waals surface area contributed by atoms with Crippen molar-refractivity contribution in [2.45, 2.75) is 6.92 Å². The molecule has 2 aromatic heterocycles. The van der Waals surface area contributed by atoms with Gasteiger partial charge in [0, 0.05) is 27.7 Å². The summed E-state index contributed by atoms with van der Waals surface area (Å²) in [6.45, 7) is 1.85. The first-order valence-electron chi connectivity index (χ1n) is 8.95. The Morgan fingerprint density at radius 1 is 1.07 bits per heavy atom. The molecule has 0 spiro atoms. The summed E-state index contributed by atoms with van der Waals surface area (Å²) in [5.41, 5.74) is 3.12. The number of pyridine rings is 1. The molecule has 0 saturated heterocycles. The molecule has 4 rings (SSSR count). The topological polar surface area (TPSA) is 42.5 Å². The van der Waals surface area contributed by atoms with Crippen molar-refractivity contribution in [2.24, 2.45) is 10.1 Å². The van der Waals surface area contributed by atoms with E-state index in [2.05, 4.69) is 25.9 Å². The molecule has 0 atom stereocenters. The van der Waals surface area contributed by atoms with E-state index in [1.807, 2.05) is 54.8 Å². The summed E-state index contributed by atoms with van der Waals surface area (Å²) < 4.78 is 30.0. The van der Waals surface area contributed by atoms with Crippen molar-refractivity contribution in [3.8, 4) is 11.3 Å². The number of rotatable bonds is 4. The maximum absolute atomic E-state index is 14.2. The number of hydrogen-bond acceptors (Lipinski definition) is 4. The Balaban J connectivity index is 1.94. The molecule has 30 heavy (non-hydrogen) atoms. The molecule has 8 heteroatoms. The van der Waals surface area contributed by atoms with E-state index in [4.69, 9.17) is 5.10 Å². The second-order valence-corrected chi connectivity index (χ2v) is 7.99. The molecule has 0 fully saturated rings. The fraction of sp³-hybridized carbons (Fsp3) is 0.0455. The minimum absolute atomic E-state index is 0.0383. The van der Waals surface area contributed by atoms with E-state index in [0.29, 0.717) is 16.2 Å². The molecule has 2 aromatic carbocycles. The van der Waals surface area contributed by atoms with Crippen molar-refractivity contribution in [1.82, 2.24) is 9.66 Å². The number of aromatic nitrogens is 2. The normalized spacial score (nSPS) is 12.4. The van der Waals surface area contributed by atoms with Gasteiger partial charge in [0.1, 0.15) is 11.5 Å². The van der Waals surface area contributed by atoms with Gasteiger partial charge in [-0.25, -0.2) is 18.4 Å². The molecular weight excluding hydrogens is 470 g/mol. The number of thiazole rings is 1. The van der Waals surface area contributed by atoms with Crippen molar-refractivity contribution < 1.29 is 8.78 Å². The Bertz CT molecular complexity index is 1300. The number of halogens is 3. The third kappa shape index (κ3) is 4.29. The van der Waals surface area contributed by atoms with Gasteiger partial charge in [0.25, 0.3) is 0 Å². The van der Waals surface area contributed by atoms with Crippen LogP contribution in [0.25, 0.3) is 11.3 Å². The third-order valence-corrected chi connectivity index (χ3v) is 5.75. The van der Waals surface area contributed by atoms with E-state index < -0.39 is 11.6 Å². The average Bonchev–Trinajstić information content (AvgIpc) is 3.13. The Kier molecular flexibility index (Phi) is 5.96. The van der Waals surface area contributed by atoms with Crippen molar-refractivity contribution in [3.63, 3.8) is 0 Å². The lowest BCUT2D eigenvalue weighted by atomic mass is 10.2. The smallest absolute Gasteiger partial charge is 0.211 e. The Hall–Kier alpha value is -2.97. The van der Waals surface area contributed by atoms with Crippen LogP contribution in [0.3, 0.4) is 0 Å². The van der Waals surface area contributed by atoms with Crippen LogP contribution in [-0.4, -0.2) is 15.4 Å². The first-order chi connectivity index (χ1) is 14.5. The van der Waals surface area contributed by atoms with Crippen LogP contribution in [0, 0.1) is 11.6 Å². The minimum Gasteiger partial charge on any atom is -0.255 e. The SMILES string of the molecule is CC(=Nn1c(-c2ccccc2Br)csc1=Nc1ccc(F)cc1F)c1ccccn1. The van der Waals surface area contributed by atoms with Crippen LogP contribution in [0.1, 0.15) is 12.6 Å². The summed E-state index contributed by atoms with van der Waals surface area (Å²) in [5, 5.41) is 6.62. The summed E-state index contributed by atoms with van der Waals surface area (Å²) in [6.07, 6.45) is 1.69. The molecular formula is C22H15BrF2N4S. The van der Waals surface area contributed by atoms with Gasteiger partial charge in [-0.05, 0) is 37.3 Å². The lowest BCUT2D eigenvalue weighted by Crippen LogP contribution is -2.14. The molecule has 0 aliphatic rings. The van der Waals surface area contributed by atoms with E-state index >= 15 is 0 Å². The highest BCUT2D eigenvalue weighted by molar-refractivity contribution is 9.10. The number of hydrogen-bond donors (Lipinski definition) is 0. The Morgan fingerprint density at radius 2 is 1.87 bits per heavy atom. The lowest BCUT2D eigenvalue weighted by molar-refractivity contribution is 0.584. The molecule has 0 aliphatic carbocycles. The third-order valence-electron chi connectivity index (χ3n) is 4.25. The van der Waals surface area contributed by atoms with Gasteiger partial charge in [-0.1, -0.05) is 40.2 Å². The van der Waals surface area contributed by atoms with E-state index in [-0.39, 0.29) is 5.69 Å². The molecule has 0 unspecified atom stereocenters. The van der Waals surface area contributed by atoms with Gasteiger partial charge in [0.15, 0.2) is 5.82 Å². The first-order valence-corrected chi connectivity index (χ1v) is 10.6. The van der Waals surface area contributed by atoms with Crippen LogP contribution in [0.15, 0.2) is 86.8 Å². The molecule has 0 N–H and O–H groups in total.